The summed E-state index contributed by atoms with van der Waals surface area (Å²) in [6.07, 6.45) is 0.767. The summed E-state index contributed by atoms with van der Waals surface area (Å²) in [6.45, 7) is 9.61. The smallest absolute Gasteiger partial charge is 0.412 e. The fourth-order valence-corrected chi connectivity index (χ4v) is 2.44. The predicted octanol–water partition coefficient (Wildman–Crippen LogP) is 4.27. The molecule has 1 aromatic carbocycles. The van der Waals surface area contributed by atoms with E-state index in [9.17, 15) is 4.79 Å². The average molecular weight is 324 g/mol. The fraction of sp³-hybridized carbons (Fsp3) is 0.588. The molecule has 2 N–H and O–H groups in total. The van der Waals surface area contributed by atoms with E-state index in [4.69, 9.17) is 4.74 Å². The summed E-state index contributed by atoms with van der Waals surface area (Å²) in [7, 11) is 0. The third-order valence-electron chi connectivity index (χ3n) is 2.77. The molecule has 0 unspecified atom stereocenters. The van der Waals surface area contributed by atoms with Gasteiger partial charge in [-0.05, 0) is 62.9 Å². The number of ether oxygens (including phenoxy) is 1. The molecule has 0 radical (unpaired) electrons. The van der Waals surface area contributed by atoms with Gasteiger partial charge in [0.1, 0.15) is 5.60 Å². The highest BCUT2D eigenvalue weighted by atomic mass is 32.2. The molecule has 1 amide bonds. The van der Waals surface area contributed by atoms with Gasteiger partial charge in [-0.25, -0.2) is 4.79 Å². The molecule has 1 aromatic rings. The Kier molecular flexibility index (Phi) is 8.35. The third-order valence-corrected chi connectivity index (χ3v) is 3.76. The molecule has 4 nitrogen and oxygen atoms in total. The summed E-state index contributed by atoms with van der Waals surface area (Å²) in [5.41, 5.74) is 1.47. The molecule has 0 saturated carbocycles. The molecule has 0 aliphatic heterocycles. The number of benzene rings is 1. The number of carbonyl (C=O) groups excluding carboxylic acids is 1. The van der Waals surface area contributed by atoms with E-state index in [-0.39, 0.29) is 0 Å². The van der Waals surface area contributed by atoms with Crippen LogP contribution in [0.4, 0.5) is 10.5 Å². The largest absolute Gasteiger partial charge is 0.444 e. The minimum absolute atomic E-state index is 0.424. The number of nitrogens with one attached hydrogen (secondary N) is 2. The molecule has 0 spiro atoms. The highest BCUT2D eigenvalue weighted by molar-refractivity contribution is 7.99. The van der Waals surface area contributed by atoms with Gasteiger partial charge in [0.25, 0.3) is 0 Å². The van der Waals surface area contributed by atoms with Gasteiger partial charge in [-0.2, -0.15) is 11.8 Å². The maximum atomic E-state index is 11.7. The van der Waals surface area contributed by atoms with Crippen LogP contribution in [0.15, 0.2) is 24.3 Å². The van der Waals surface area contributed by atoms with Crippen LogP contribution < -0.4 is 10.6 Å². The molecule has 124 valence electrons. The van der Waals surface area contributed by atoms with Gasteiger partial charge in [-0.15, -0.1) is 0 Å². The quantitative estimate of drug-likeness (QED) is 0.701. The van der Waals surface area contributed by atoms with Crippen LogP contribution in [0.3, 0.4) is 0 Å². The Morgan fingerprint density at radius 1 is 1.23 bits per heavy atom. The van der Waals surface area contributed by atoms with Crippen molar-refractivity contribution in [3.05, 3.63) is 29.8 Å². The Balaban J connectivity index is 2.29. The number of carbonyl (C=O) groups is 1. The summed E-state index contributed by atoms with van der Waals surface area (Å²) in [5.74, 6) is 2.40. The van der Waals surface area contributed by atoms with E-state index in [1.165, 1.54) is 23.5 Å². The normalized spacial score (nSPS) is 11.3. The Hall–Kier alpha value is -1.20. The number of anilines is 1. The van der Waals surface area contributed by atoms with Gasteiger partial charge in [0.2, 0.25) is 0 Å². The summed E-state index contributed by atoms with van der Waals surface area (Å²) in [6, 6.07) is 7.82. The SMILES string of the molecule is CCSCCCNCc1ccc(NC(=O)OC(C)(C)C)cc1. The molecule has 5 heteroatoms. The van der Waals surface area contributed by atoms with Crippen LogP contribution in [0.5, 0.6) is 0 Å². The Morgan fingerprint density at radius 2 is 1.91 bits per heavy atom. The maximum absolute atomic E-state index is 11.7. The topological polar surface area (TPSA) is 50.4 Å². The van der Waals surface area contributed by atoms with Gasteiger partial charge >= 0.3 is 6.09 Å². The van der Waals surface area contributed by atoms with Crippen LogP contribution in [0, 0.1) is 0 Å². The lowest BCUT2D eigenvalue weighted by Gasteiger charge is -2.19. The number of amides is 1. The van der Waals surface area contributed by atoms with Crippen LogP contribution in [-0.2, 0) is 11.3 Å². The Bertz CT molecular complexity index is 441. The summed E-state index contributed by atoms with van der Waals surface area (Å²) >= 11 is 1.97. The van der Waals surface area contributed by atoms with E-state index in [1.54, 1.807) is 0 Å². The zero-order chi connectivity index (χ0) is 16.4. The molecule has 0 atom stereocenters. The van der Waals surface area contributed by atoms with E-state index in [1.807, 2.05) is 56.8 Å². The van der Waals surface area contributed by atoms with Gasteiger partial charge in [-0.3, -0.25) is 5.32 Å². The average Bonchev–Trinajstić information content (AvgIpc) is 2.42. The maximum Gasteiger partial charge on any atom is 0.412 e. The van der Waals surface area contributed by atoms with Crippen molar-refractivity contribution in [2.75, 3.05) is 23.4 Å². The lowest BCUT2D eigenvalue weighted by Crippen LogP contribution is -2.27. The number of thioether (sulfide) groups is 1. The lowest BCUT2D eigenvalue weighted by atomic mass is 10.2. The predicted molar refractivity (Wildman–Crippen MR) is 95.6 cm³/mol. The van der Waals surface area contributed by atoms with Crippen LogP contribution in [-0.4, -0.2) is 29.7 Å². The summed E-state index contributed by atoms with van der Waals surface area (Å²) < 4.78 is 5.22. The van der Waals surface area contributed by atoms with Crippen molar-refractivity contribution in [2.45, 2.75) is 46.3 Å². The first-order chi connectivity index (χ1) is 10.4. The molecular formula is C17H28N2O2S. The van der Waals surface area contributed by atoms with E-state index in [0.717, 1.165) is 18.8 Å². The van der Waals surface area contributed by atoms with Crippen molar-refractivity contribution in [3.63, 3.8) is 0 Å². The van der Waals surface area contributed by atoms with Gasteiger partial charge in [0.05, 0.1) is 0 Å². The van der Waals surface area contributed by atoms with Crippen molar-refractivity contribution >= 4 is 23.5 Å². The minimum atomic E-state index is -0.482. The summed E-state index contributed by atoms with van der Waals surface area (Å²) in [4.78, 5) is 11.7. The van der Waals surface area contributed by atoms with Crippen molar-refractivity contribution in [3.8, 4) is 0 Å². The Labute approximate surface area is 138 Å². The first kappa shape index (κ1) is 18.8. The zero-order valence-electron chi connectivity index (χ0n) is 14.1. The first-order valence-electron chi connectivity index (χ1n) is 7.78. The van der Waals surface area contributed by atoms with Crippen molar-refractivity contribution in [1.29, 1.82) is 0 Å². The molecule has 1 rings (SSSR count). The third kappa shape index (κ3) is 8.95. The molecule has 0 fully saturated rings. The Morgan fingerprint density at radius 3 is 2.50 bits per heavy atom. The van der Waals surface area contributed by atoms with Crippen molar-refractivity contribution < 1.29 is 9.53 Å². The van der Waals surface area contributed by atoms with Crippen LogP contribution in [0.2, 0.25) is 0 Å². The fourth-order valence-electron chi connectivity index (χ4n) is 1.80. The van der Waals surface area contributed by atoms with E-state index in [2.05, 4.69) is 17.6 Å². The minimum Gasteiger partial charge on any atom is -0.444 e. The highest BCUT2D eigenvalue weighted by Crippen LogP contribution is 2.13. The van der Waals surface area contributed by atoms with Crippen molar-refractivity contribution in [2.24, 2.45) is 0 Å². The zero-order valence-corrected chi connectivity index (χ0v) is 14.9. The van der Waals surface area contributed by atoms with E-state index in [0.29, 0.717) is 0 Å². The van der Waals surface area contributed by atoms with Crippen LogP contribution >= 0.6 is 11.8 Å². The van der Waals surface area contributed by atoms with Crippen LogP contribution in [0.25, 0.3) is 0 Å². The van der Waals surface area contributed by atoms with Gasteiger partial charge in [0.15, 0.2) is 0 Å². The second-order valence-corrected chi connectivity index (χ2v) is 7.44. The molecule has 0 saturated heterocycles. The standard InChI is InChI=1S/C17H28N2O2S/c1-5-22-12-6-11-18-13-14-7-9-15(10-8-14)19-16(20)21-17(2,3)4/h7-10,18H,5-6,11-13H2,1-4H3,(H,19,20). The van der Waals surface area contributed by atoms with E-state index < -0.39 is 11.7 Å². The highest BCUT2D eigenvalue weighted by Gasteiger charge is 2.15. The molecule has 0 heterocycles. The molecule has 0 aliphatic rings. The first-order valence-corrected chi connectivity index (χ1v) is 8.93. The molecule has 0 aliphatic carbocycles. The number of rotatable bonds is 8. The van der Waals surface area contributed by atoms with Gasteiger partial charge in [0, 0.05) is 12.2 Å². The molecule has 0 bridgehead atoms. The monoisotopic (exact) mass is 324 g/mol. The van der Waals surface area contributed by atoms with E-state index >= 15 is 0 Å². The van der Waals surface area contributed by atoms with Gasteiger partial charge < -0.3 is 10.1 Å². The summed E-state index contributed by atoms with van der Waals surface area (Å²) in [5, 5.41) is 6.16. The van der Waals surface area contributed by atoms with Crippen molar-refractivity contribution in [1.82, 2.24) is 5.32 Å². The molecular weight excluding hydrogens is 296 g/mol. The number of hydrogen-bond acceptors (Lipinski definition) is 4. The lowest BCUT2D eigenvalue weighted by molar-refractivity contribution is 0.0636. The second-order valence-electron chi connectivity index (χ2n) is 6.05. The molecule has 22 heavy (non-hydrogen) atoms. The number of hydrogen-bond donors (Lipinski definition) is 2. The second kappa shape index (κ2) is 9.74. The van der Waals surface area contributed by atoms with Crippen LogP contribution in [0.1, 0.15) is 39.7 Å². The molecule has 0 aromatic heterocycles. The van der Waals surface area contributed by atoms with Gasteiger partial charge in [-0.1, -0.05) is 19.1 Å².